The fourth-order valence-corrected chi connectivity index (χ4v) is 2.55. The Morgan fingerprint density at radius 2 is 2.15 bits per heavy atom. The summed E-state index contributed by atoms with van der Waals surface area (Å²) in [5.41, 5.74) is -0.234. The molecule has 13 heavy (non-hydrogen) atoms. The second kappa shape index (κ2) is 2.60. The van der Waals surface area contributed by atoms with Crippen molar-refractivity contribution in [2.24, 2.45) is 5.41 Å². The molecule has 1 spiro atoms. The second-order valence-corrected chi connectivity index (χ2v) is 4.97. The number of rotatable bonds is 0. The van der Waals surface area contributed by atoms with Gasteiger partial charge in [-0.1, -0.05) is 13.8 Å². The molecular weight excluding hydrogens is 164 g/mol. The number of carbonyl (C=O) groups is 1. The first-order valence-electron chi connectivity index (χ1n) is 4.93. The molecule has 0 N–H and O–H groups in total. The molecule has 2 rings (SSSR count). The first-order chi connectivity index (χ1) is 6.04. The van der Waals surface area contributed by atoms with E-state index in [1.807, 2.05) is 0 Å². The number of carbonyl (C=O) groups excluding carboxylic acids is 1. The van der Waals surface area contributed by atoms with Gasteiger partial charge in [-0.2, -0.15) is 0 Å². The van der Waals surface area contributed by atoms with Crippen molar-refractivity contribution in [2.75, 3.05) is 0 Å². The van der Waals surface area contributed by atoms with E-state index >= 15 is 0 Å². The molecule has 1 fully saturated rings. The van der Waals surface area contributed by atoms with Crippen molar-refractivity contribution in [3.8, 4) is 0 Å². The Hall–Kier alpha value is -0.790. The van der Waals surface area contributed by atoms with Gasteiger partial charge in [-0.3, -0.25) is 4.79 Å². The summed E-state index contributed by atoms with van der Waals surface area (Å²) in [4.78, 5) is 11.6. The monoisotopic (exact) mass is 180 g/mol. The fraction of sp³-hybridized carbons (Fsp3) is 0.727. The molecule has 1 heterocycles. The smallest absolute Gasteiger partial charge is 0.202 e. The summed E-state index contributed by atoms with van der Waals surface area (Å²) in [7, 11) is 0. The molecule has 72 valence electrons. The molecule has 2 aliphatic rings. The van der Waals surface area contributed by atoms with E-state index in [0.29, 0.717) is 0 Å². The largest absolute Gasteiger partial charge is 0.487 e. The lowest BCUT2D eigenvalue weighted by atomic mass is 9.68. The van der Waals surface area contributed by atoms with Gasteiger partial charge in [-0.15, -0.1) is 0 Å². The molecule has 0 amide bonds. The molecule has 0 aromatic rings. The molecule has 1 saturated carbocycles. The highest BCUT2D eigenvalue weighted by Gasteiger charge is 2.47. The van der Waals surface area contributed by atoms with Crippen LogP contribution in [0.2, 0.25) is 0 Å². The average Bonchev–Trinajstić information content (AvgIpc) is 2.31. The van der Waals surface area contributed by atoms with Crippen LogP contribution in [0, 0.1) is 5.41 Å². The summed E-state index contributed by atoms with van der Waals surface area (Å²) in [6, 6.07) is 0. The third kappa shape index (κ3) is 1.38. The summed E-state index contributed by atoms with van der Waals surface area (Å²) in [6.45, 7) is 4.42. The Bertz CT molecular complexity index is 265. The quantitative estimate of drug-likeness (QED) is 0.572. The van der Waals surface area contributed by atoms with Crippen LogP contribution in [0.15, 0.2) is 12.3 Å². The van der Waals surface area contributed by atoms with Gasteiger partial charge in [0.25, 0.3) is 0 Å². The Labute approximate surface area is 79.0 Å². The van der Waals surface area contributed by atoms with Crippen LogP contribution in [0.25, 0.3) is 0 Å². The van der Waals surface area contributed by atoms with E-state index in [-0.39, 0.29) is 11.2 Å². The molecule has 0 aromatic carbocycles. The Morgan fingerprint density at radius 1 is 1.38 bits per heavy atom. The summed E-state index contributed by atoms with van der Waals surface area (Å²) < 4.78 is 5.50. The minimum absolute atomic E-state index is 0.167. The number of ether oxygens (including phenoxy) is 1. The van der Waals surface area contributed by atoms with Gasteiger partial charge in [0.2, 0.25) is 5.78 Å². The molecule has 1 unspecified atom stereocenters. The van der Waals surface area contributed by atoms with Crippen LogP contribution in [0.4, 0.5) is 0 Å². The van der Waals surface area contributed by atoms with Gasteiger partial charge in [-0.05, 0) is 31.1 Å². The maximum Gasteiger partial charge on any atom is 0.202 e. The molecule has 1 aliphatic heterocycles. The number of ketones is 1. The van der Waals surface area contributed by atoms with Gasteiger partial charge in [-0.25, -0.2) is 0 Å². The zero-order valence-corrected chi connectivity index (χ0v) is 8.30. The van der Waals surface area contributed by atoms with Crippen LogP contribution < -0.4 is 0 Å². The van der Waals surface area contributed by atoms with Gasteiger partial charge in [0.15, 0.2) is 5.60 Å². The molecule has 0 bridgehead atoms. The van der Waals surface area contributed by atoms with Crippen molar-refractivity contribution < 1.29 is 9.53 Å². The van der Waals surface area contributed by atoms with Crippen molar-refractivity contribution in [3.63, 3.8) is 0 Å². The molecule has 2 nitrogen and oxygen atoms in total. The average molecular weight is 180 g/mol. The summed E-state index contributed by atoms with van der Waals surface area (Å²) in [6.07, 6.45) is 7.19. The van der Waals surface area contributed by atoms with Crippen molar-refractivity contribution in [2.45, 2.75) is 45.1 Å². The topological polar surface area (TPSA) is 26.3 Å². The third-order valence-corrected chi connectivity index (χ3v) is 3.16. The highest BCUT2D eigenvalue weighted by molar-refractivity contribution is 5.98. The van der Waals surface area contributed by atoms with E-state index in [1.165, 1.54) is 6.42 Å². The van der Waals surface area contributed by atoms with Crippen molar-refractivity contribution in [1.82, 2.24) is 0 Å². The molecular formula is C11H16O2. The van der Waals surface area contributed by atoms with Gasteiger partial charge in [0.05, 0.1) is 6.26 Å². The lowest BCUT2D eigenvalue weighted by Crippen LogP contribution is -2.44. The maximum atomic E-state index is 11.6. The standard InChI is InChI=1S/C11H16O2/c1-10(2)5-3-6-11(8-10)9(12)4-7-13-11/h4,7H,3,5-6,8H2,1-2H3. The van der Waals surface area contributed by atoms with E-state index in [0.717, 1.165) is 19.3 Å². The predicted octanol–water partition coefficient (Wildman–Crippen LogP) is 2.44. The van der Waals surface area contributed by atoms with Gasteiger partial charge >= 0.3 is 0 Å². The highest BCUT2D eigenvalue weighted by Crippen LogP contribution is 2.45. The summed E-state index contributed by atoms with van der Waals surface area (Å²) in [5.74, 6) is 0.167. The van der Waals surface area contributed by atoms with Crippen LogP contribution in [0.5, 0.6) is 0 Å². The zero-order chi connectivity index (χ0) is 9.53. The summed E-state index contributed by atoms with van der Waals surface area (Å²) >= 11 is 0. The van der Waals surface area contributed by atoms with Gasteiger partial charge < -0.3 is 4.74 Å². The maximum absolute atomic E-state index is 11.6. The third-order valence-electron chi connectivity index (χ3n) is 3.16. The second-order valence-electron chi connectivity index (χ2n) is 4.97. The highest BCUT2D eigenvalue weighted by atomic mass is 16.5. The van der Waals surface area contributed by atoms with Crippen LogP contribution in [0.3, 0.4) is 0 Å². The van der Waals surface area contributed by atoms with E-state index < -0.39 is 5.60 Å². The normalized spacial score (nSPS) is 36.6. The number of hydrogen-bond acceptors (Lipinski definition) is 2. The Kier molecular flexibility index (Phi) is 1.76. The Morgan fingerprint density at radius 3 is 2.69 bits per heavy atom. The lowest BCUT2D eigenvalue weighted by Gasteiger charge is -2.40. The first kappa shape index (κ1) is 8.79. The minimum Gasteiger partial charge on any atom is -0.487 e. The first-order valence-corrected chi connectivity index (χ1v) is 4.93. The van der Waals surface area contributed by atoms with E-state index in [9.17, 15) is 4.79 Å². The van der Waals surface area contributed by atoms with Crippen LogP contribution in [0.1, 0.15) is 39.5 Å². The van der Waals surface area contributed by atoms with Crippen LogP contribution in [-0.4, -0.2) is 11.4 Å². The molecule has 0 saturated heterocycles. The van der Waals surface area contributed by atoms with Gasteiger partial charge in [0.1, 0.15) is 0 Å². The van der Waals surface area contributed by atoms with Crippen molar-refractivity contribution >= 4 is 5.78 Å². The molecule has 0 aromatic heterocycles. The fourth-order valence-electron chi connectivity index (χ4n) is 2.55. The minimum atomic E-state index is -0.484. The van der Waals surface area contributed by atoms with Crippen LogP contribution in [-0.2, 0) is 9.53 Å². The summed E-state index contributed by atoms with van der Waals surface area (Å²) in [5, 5.41) is 0. The molecule has 2 heteroatoms. The van der Waals surface area contributed by atoms with Gasteiger partial charge in [0, 0.05) is 6.08 Å². The lowest BCUT2D eigenvalue weighted by molar-refractivity contribution is -0.136. The number of hydrogen-bond donors (Lipinski definition) is 0. The Balaban J connectivity index is 2.20. The molecule has 0 radical (unpaired) electrons. The van der Waals surface area contributed by atoms with Crippen molar-refractivity contribution in [1.29, 1.82) is 0 Å². The SMILES string of the molecule is CC1(C)CCCC2(C1)OC=CC2=O. The van der Waals surface area contributed by atoms with E-state index in [1.54, 1.807) is 12.3 Å². The van der Waals surface area contributed by atoms with Crippen LogP contribution >= 0.6 is 0 Å². The predicted molar refractivity (Wildman–Crippen MR) is 50.2 cm³/mol. The van der Waals surface area contributed by atoms with E-state index in [2.05, 4.69) is 13.8 Å². The van der Waals surface area contributed by atoms with Crippen molar-refractivity contribution in [3.05, 3.63) is 12.3 Å². The molecule has 1 atom stereocenters. The molecule has 1 aliphatic carbocycles. The van der Waals surface area contributed by atoms with E-state index in [4.69, 9.17) is 4.74 Å². The zero-order valence-electron chi connectivity index (χ0n) is 8.30.